The van der Waals surface area contributed by atoms with Gasteiger partial charge in [-0.05, 0) is 28.4 Å². The number of hydrogen-bond acceptors (Lipinski definition) is 3. The first-order valence-corrected chi connectivity index (χ1v) is 6.16. The van der Waals surface area contributed by atoms with Gasteiger partial charge in [0, 0.05) is 10.7 Å². The highest BCUT2D eigenvalue weighted by molar-refractivity contribution is 9.10. The number of ether oxygens (including phenoxy) is 1. The minimum atomic E-state index is -5.05. The number of pyridine rings is 1. The van der Waals surface area contributed by atoms with Gasteiger partial charge in [-0.1, -0.05) is 0 Å². The van der Waals surface area contributed by atoms with Crippen molar-refractivity contribution >= 4 is 21.9 Å². The molecule has 0 aliphatic carbocycles. The van der Waals surface area contributed by atoms with Crippen LogP contribution in [0.25, 0.3) is 0 Å². The molecule has 0 bridgehead atoms. The zero-order valence-corrected chi connectivity index (χ0v) is 11.7. The summed E-state index contributed by atoms with van der Waals surface area (Å²) in [5.74, 6) is -0.940. The topological polar surface area (TPSA) is 39.2 Å². The molecule has 0 radical (unpaired) electrons. The van der Waals surface area contributed by atoms with Gasteiger partial charge in [-0.15, -0.1) is 0 Å². The summed E-state index contributed by atoms with van der Waals surface area (Å²) >= 11 is 2.79. The number of carbonyl (C=O) groups is 1. The van der Waals surface area contributed by atoms with Crippen molar-refractivity contribution in [2.24, 2.45) is 0 Å². The first-order chi connectivity index (χ1) is 9.18. The Hall–Kier alpha value is -1.25. The third-order valence-corrected chi connectivity index (χ3v) is 2.96. The number of nitrogens with zero attached hydrogens (tertiary/aromatic N) is 1. The van der Waals surface area contributed by atoms with Crippen molar-refractivity contribution in [3.05, 3.63) is 27.5 Å². The molecule has 0 aliphatic rings. The summed E-state index contributed by atoms with van der Waals surface area (Å²) in [5.41, 5.74) is -3.61. The molecule has 20 heavy (non-hydrogen) atoms. The molecule has 0 saturated carbocycles. The molecule has 9 heteroatoms. The maximum atomic E-state index is 12.9. The lowest BCUT2D eigenvalue weighted by Crippen LogP contribution is -2.18. The average Bonchev–Trinajstić information content (AvgIpc) is 2.29. The lowest BCUT2D eigenvalue weighted by atomic mass is 10.0. The zero-order chi connectivity index (χ0) is 15.5. The molecular weight excluding hydrogens is 353 g/mol. The van der Waals surface area contributed by atoms with E-state index in [2.05, 4.69) is 25.7 Å². The SMILES string of the molecule is CCOC(=O)Cc1c(Br)cnc(C(F)F)c1C(F)(F)F. The predicted octanol–water partition coefficient (Wildman–Crippen LogP) is 3.91. The van der Waals surface area contributed by atoms with Crippen molar-refractivity contribution in [1.29, 1.82) is 0 Å². The van der Waals surface area contributed by atoms with E-state index >= 15 is 0 Å². The van der Waals surface area contributed by atoms with E-state index in [-0.39, 0.29) is 11.1 Å². The standard InChI is InChI=1S/C11H9BrF5NO2/c1-2-20-7(19)3-5-6(12)4-18-9(10(13)14)8(5)11(15,16)17/h4,10H,2-3H2,1H3. The fraction of sp³-hybridized carbons (Fsp3) is 0.455. The molecular formula is C11H9BrF5NO2. The Balaban J connectivity index is 3.40. The van der Waals surface area contributed by atoms with Crippen LogP contribution in [0, 0.1) is 0 Å². The van der Waals surface area contributed by atoms with Gasteiger partial charge >= 0.3 is 12.1 Å². The Bertz CT molecular complexity index is 504. The molecule has 0 amide bonds. The smallest absolute Gasteiger partial charge is 0.418 e. The molecule has 0 unspecified atom stereocenters. The molecule has 3 nitrogen and oxygen atoms in total. The molecule has 0 aliphatic heterocycles. The quantitative estimate of drug-likeness (QED) is 0.602. The van der Waals surface area contributed by atoms with Gasteiger partial charge in [0.2, 0.25) is 0 Å². The summed E-state index contributed by atoms with van der Waals surface area (Å²) in [6, 6.07) is 0. The van der Waals surface area contributed by atoms with Crippen LogP contribution in [0.5, 0.6) is 0 Å². The van der Waals surface area contributed by atoms with Crippen LogP contribution in [-0.4, -0.2) is 17.6 Å². The van der Waals surface area contributed by atoms with E-state index in [9.17, 15) is 26.7 Å². The highest BCUT2D eigenvalue weighted by Crippen LogP contribution is 2.40. The zero-order valence-electron chi connectivity index (χ0n) is 10.1. The van der Waals surface area contributed by atoms with Gasteiger partial charge in [-0.2, -0.15) is 13.2 Å². The molecule has 1 aromatic heterocycles. The Labute approximate surface area is 119 Å². The highest BCUT2D eigenvalue weighted by Gasteiger charge is 2.40. The van der Waals surface area contributed by atoms with E-state index in [1.54, 1.807) is 0 Å². The van der Waals surface area contributed by atoms with Crippen LogP contribution in [0.2, 0.25) is 0 Å². The molecule has 0 fully saturated rings. The third-order valence-electron chi connectivity index (χ3n) is 2.28. The van der Waals surface area contributed by atoms with E-state index in [1.165, 1.54) is 6.92 Å². The number of rotatable bonds is 4. The average molecular weight is 362 g/mol. The summed E-state index contributed by atoms with van der Waals surface area (Å²) in [5, 5.41) is 0. The Morgan fingerprint density at radius 3 is 2.50 bits per heavy atom. The summed E-state index contributed by atoms with van der Waals surface area (Å²) in [6.07, 6.45) is -8.41. The molecule has 0 atom stereocenters. The van der Waals surface area contributed by atoms with E-state index in [0.29, 0.717) is 0 Å². The largest absolute Gasteiger partial charge is 0.466 e. The molecule has 0 saturated heterocycles. The molecule has 1 rings (SSSR count). The maximum absolute atomic E-state index is 12.9. The van der Waals surface area contributed by atoms with Crippen LogP contribution in [0.1, 0.15) is 30.2 Å². The van der Waals surface area contributed by atoms with Crippen LogP contribution in [-0.2, 0) is 22.1 Å². The monoisotopic (exact) mass is 361 g/mol. The number of alkyl halides is 5. The van der Waals surface area contributed by atoms with Crippen LogP contribution < -0.4 is 0 Å². The van der Waals surface area contributed by atoms with Gasteiger partial charge in [0.05, 0.1) is 18.6 Å². The molecule has 0 spiro atoms. The maximum Gasteiger partial charge on any atom is 0.418 e. The van der Waals surface area contributed by atoms with Crippen LogP contribution in [0.15, 0.2) is 10.7 Å². The van der Waals surface area contributed by atoms with Crippen molar-refractivity contribution in [2.75, 3.05) is 6.61 Å². The molecule has 112 valence electrons. The molecule has 1 heterocycles. The van der Waals surface area contributed by atoms with Gasteiger partial charge in [-0.3, -0.25) is 9.78 Å². The number of hydrogen-bond donors (Lipinski definition) is 0. The van der Waals surface area contributed by atoms with Crippen molar-refractivity contribution in [3.8, 4) is 0 Å². The fourth-order valence-electron chi connectivity index (χ4n) is 1.55. The Kier molecular flexibility index (Phi) is 5.43. The van der Waals surface area contributed by atoms with Crippen molar-refractivity contribution < 1.29 is 31.5 Å². The number of carbonyl (C=O) groups excluding carboxylic acids is 1. The minimum Gasteiger partial charge on any atom is -0.466 e. The number of esters is 1. The second kappa shape index (κ2) is 6.47. The minimum absolute atomic E-state index is 0.0232. The summed E-state index contributed by atoms with van der Waals surface area (Å²) < 4.78 is 68.5. The van der Waals surface area contributed by atoms with Gasteiger partial charge in [0.15, 0.2) is 0 Å². The summed E-state index contributed by atoms with van der Waals surface area (Å²) in [7, 11) is 0. The normalized spacial score (nSPS) is 11.8. The Morgan fingerprint density at radius 1 is 1.45 bits per heavy atom. The summed E-state index contributed by atoms with van der Waals surface area (Å²) in [4.78, 5) is 14.4. The molecule has 1 aromatic rings. The number of halogens is 6. The first kappa shape index (κ1) is 16.8. The molecule has 0 aromatic carbocycles. The predicted molar refractivity (Wildman–Crippen MR) is 62.2 cm³/mol. The fourth-order valence-corrected chi connectivity index (χ4v) is 1.99. The van der Waals surface area contributed by atoms with Crippen molar-refractivity contribution in [1.82, 2.24) is 4.98 Å². The lowest BCUT2D eigenvalue weighted by molar-refractivity contribution is -0.144. The Morgan fingerprint density at radius 2 is 2.05 bits per heavy atom. The summed E-state index contributed by atoms with van der Waals surface area (Å²) in [6.45, 7) is 1.46. The second-order valence-electron chi connectivity index (χ2n) is 3.63. The van der Waals surface area contributed by atoms with E-state index in [4.69, 9.17) is 0 Å². The third kappa shape index (κ3) is 3.87. The second-order valence-corrected chi connectivity index (χ2v) is 4.48. The van der Waals surface area contributed by atoms with Crippen LogP contribution >= 0.6 is 15.9 Å². The number of aromatic nitrogens is 1. The molecule has 0 N–H and O–H groups in total. The van der Waals surface area contributed by atoms with Crippen LogP contribution in [0.3, 0.4) is 0 Å². The van der Waals surface area contributed by atoms with Crippen molar-refractivity contribution in [3.63, 3.8) is 0 Å². The van der Waals surface area contributed by atoms with Crippen LogP contribution in [0.4, 0.5) is 22.0 Å². The van der Waals surface area contributed by atoms with Gasteiger partial charge < -0.3 is 4.74 Å². The van der Waals surface area contributed by atoms with Gasteiger partial charge in [0.25, 0.3) is 6.43 Å². The highest BCUT2D eigenvalue weighted by atomic mass is 79.9. The first-order valence-electron chi connectivity index (χ1n) is 5.36. The van der Waals surface area contributed by atoms with Crippen molar-refractivity contribution in [2.45, 2.75) is 25.9 Å². The van der Waals surface area contributed by atoms with E-state index < -0.39 is 41.8 Å². The van der Waals surface area contributed by atoms with Gasteiger partial charge in [0.1, 0.15) is 5.69 Å². The lowest BCUT2D eigenvalue weighted by Gasteiger charge is -2.17. The van der Waals surface area contributed by atoms with E-state index in [0.717, 1.165) is 6.20 Å². The van der Waals surface area contributed by atoms with Gasteiger partial charge in [-0.25, -0.2) is 8.78 Å². The van der Waals surface area contributed by atoms with E-state index in [1.807, 2.05) is 0 Å².